The summed E-state index contributed by atoms with van der Waals surface area (Å²) in [5.74, 6) is 0.995. The lowest BCUT2D eigenvalue weighted by molar-refractivity contribution is 0.981. The first-order valence-electron chi connectivity index (χ1n) is 7.46. The molecule has 2 N–H and O–H groups in total. The number of nitriles is 1. The molecule has 0 aliphatic heterocycles. The Morgan fingerprint density at radius 1 is 0.958 bits per heavy atom. The number of para-hydroxylation sites is 1. The number of benzene rings is 2. The van der Waals surface area contributed by atoms with Gasteiger partial charge in [-0.2, -0.15) is 15.3 Å². The van der Waals surface area contributed by atoms with Crippen molar-refractivity contribution in [2.45, 2.75) is 13.8 Å². The third-order valence-electron chi connectivity index (χ3n) is 3.56. The van der Waals surface area contributed by atoms with Crippen LogP contribution in [0, 0.1) is 25.2 Å². The van der Waals surface area contributed by atoms with Gasteiger partial charge in [0.15, 0.2) is 5.82 Å². The Labute approximate surface area is 140 Å². The van der Waals surface area contributed by atoms with Gasteiger partial charge in [0.1, 0.15) is 0 Å². The molecule has 6 heteroatoms. The van der Waals surface area contributed by atoms with E-state index in [2.05, 4.69) is 31.9 Å². The number of hydrogen-bond donors (Lipinski definition) is 2. The van der Waals surface area contributed by atoms with Crippen molar-refractivity contribution in [3.63, 3.8) is 0 Å². The molecule has 24 heavy (non-hydrogen) atoms. The van der Waals surface area contributed by atoms with Crippen molar-refractivity contribution in [2.75, 3.05) is 10.6 Å². The van der Waals surface area contributed by atoms with Crippen LogP contribution in [-0.4, -0.2) is 15.2 Å². The highest BCUT2D eigenvalue weighted by Gasteiger charge is 2.06. The second-order valence-corrected chi connectivity index (χ2v) is 5.37. The van der Waals surface area contributed by atoms with Crippen molar-refractivity contribution < 1.29 is 0 Å². The fourth-order valence-corrected chi connectivity index (χ4v) is 2.32. The summed E-state index contributed by atoms with van der Waals surface area (Å²) in [4.78, 5) is 4.43. The van der Waals surface area contributed by atoms with Gasteiger partial charge in [-0.25, -0.2) is 0 Å². The highest BCUT2D eigenvalue weighted by atomic mass is 15.3. The molecule has 3 rings (SSSR count). The number of anilines is 4. The van der Waals surface area contributed by atoms with Crippen LogP contribution >= 0.6 is 0 Å². The van der Waals surface area contributed by atoms with Crippen molar-refractivity contribution >= 4 is 23.1 Å². The third-order valence-corrected chi connectivity index (χ3v) is 3.56. The Balaban J connectivity index is 1.80. The van der Waals surface area contributed by atoms with Crippen molar-refractivity contribution in [2.24, 2.45) is 0 Å². The standard InChI is InChI=1S/C18H16N6/c1-12-4-3-5-13(2)17(12)23-18-22-16(11-20-24-18)21-15-8-6-14(10-19)7-9-15/h3-9,11H,1-2H3,(H2,21,22,23,24). The van der Waals surface area contributed by atoms with Crippen molar-refractivity contribution in [3.05, 3.63) is 65.4 Å². The molecule has 0 spiro atoms. The first kappa shape index (κ1) is 15.4. The summed E-state index contributed by atoms with van der Waals surface area (Å²) in [5.41, 5.74) is 4.65. The van der Waals surface area contributed by atoms with E-state index in [0.717, 1.165) is 22.5 Å². The molecule has 0 unspecified atom stereocenters. The zero-order valence-corrected chi connectivity index (χ0v) is 13.4. The molecule has 0 aliphatic carbocycles. The van der Waals surface area contributed by atoms with Gasteiger partial charge in [0.25, 0.3) is 0 Å². The number of nitrogens with zero attached hydrogens (tertiary/aromatic N) is 4. The van der Waals surface area contributed by atoms with Crippen LogP contribution in [0.15, 0.2) is 48.7 Å². The summed E-state index contributed by atoms with van der Waals surface area (Å²) in [6, 6.07) is 15.3. The quantitative estimate of drug-likeness (QED) is 0.760. The number of nitrogens with one attached hydrogen (secondary N) is 2. The highest BCUT2D eigenvalue weighted by Crippen LogP contribution is 2.23. The molecule has 0 bridgehead atoms. The average molecular weight is 316 g/mol. The van der Waals surface area contributed by atoms with Gasteiger partial charge in [-0.05, 0) is 49.2 Å². The summed E-state index contributed by atoms with van der Waals surface area (Å²) >= 11 is 0. The molecule has 0 aliphatic rings. The van der Waals surface area contributed by atoms with E-state index in [9.17, 15) is 0 Å². The average Bonchev–Trinajstić information content (AvgIpc) is 2.59. The number of rotatable bonds is 4. The van der Waals surface area contributed by atoms with E-state index in [1.54, 1.807) is 18.3 Å². The Bertz CT molecular complexity index is 876. The SMILES string of the molecule is Cc1cccc(C)c1Nc1nncc(Nc2ccc(C#N)cc2)n1. The fraction of sp³-hybridized carbons (Fsp3) is 0.111. The zero-order valence-electron chi connectivity index (χ0n) is 13.4. The van der Waals surface area contributed by atoms with Crippen LogP contribution in [0.3, 0.4) is 0 Å². The first-order chi connectivity index (χ1) is 11.7. The van der Waals surface area contributed by atoms with E-state index in [0.29, 0.717) is 17.3 Å². The van der Waals surface area contributed by atoms with Gasteiger partial charge in [-0.1, -0.05) is 18.2 Å². The lowest BCUT2D eigenvalue weighted by Crippen LogP contribution is -2.04. The van der Waals surface area contributed by atoms with Crippen LogP contribution in [0.1, 0.15) is 16.7 Å². The predicted octanol–water partition coefficient (Wildman–Crippen LogP) is 3.85. The van der Waals surface area contributed by atoms with Gasteiger partial charge < -0.3 is 10.6 Å². The van der Waals surface area contributed by atoms with E-state index in [1.165, 1.54) is 0 Å². The van der Waals surface area contributed by atoms with Crippen molar-refractivity contribution in [1.29, 1.82) is 5.26 Å². The normalized spacial score (nSPS) is 10.0. The Kier molecular flexibility index (Phi) is 4.34. The maximum absolute atomic E-state index is 8.83. The predicted molar refractivity (Wildman–Crippen MR) is 93.5 cm³/mol. The lowest BCUT2D eigenvalue weighted by atomic mass is 10.1. The van der Waals surface area contributed by atoms with Gasteiger partial charge >= 0.3 is 0 Å². The summed E-state index contributed by atoms with van der Waals surface area (Å²) in [5, 5.41) is 23.2. The van der Waals surface area contributed by atoms with Gasteiger partial charge in [0.05, 0.1) is 17.8 Å². The van der Waals surface area contributed by atoms with Crippen LogP contribution in [-0.2, 0) is 0 Å². The molecular weight excluding hydrogens is 300 g/mol. The van der Waals surface area contributed by atoms with Gasteiger partial charge in [-0.15, -0.1) is 5.10 Å². The molecule has 1 heterocycles. The monoisotopic (exact) mass is 316 g/mol. The van der Waals surface area contributed by atoms with Crippen molar-refractivity contribution in [3.8, 4) is 6.07 Å². The molecular formula is C18H16N6. The Morgan fingerprint density at radius 2 is 1.67 bits per heavy atom. The van der Waals surface area contributed by atoms with E-state index >= 15 is 0 Å². The van der Waals surface area contributed by atoms with Gasteiger partial charge in [-0.3, -0.25) is 0 Å². The van der Waals surface area contributed by atoms with Crippen LogP contribution in [0.25, 0.3) is 0 Å². The van der Waals surface area contributed by atoms with Gasteiger partial charge in [0, 0.05) is 11.4 Å². The first-order valence-corrected chi connectivity index (χ1v) is 7.46. The highest BCUT2D eigenvalue weighted by molar-refractivity contribution is 5.64. The smallest absolute Gasteiger partial charge is 0.249 e. The van der Waals surface area contributed by atoms with E-state index < -0.39 is 0 Å². The number of aromatic nitrogens is 3. The molecule has 0 radical (unpaired) electrons. The minimum absolute atomic E-state index is 0.422. The summed E-state index contributed by atoms with van der Waals surface area (Å²) in [6.45, 7) is 4.06. The second-order valence-electron chi connectivity index (χ2n) is 5.37. The Hall–Kier alpha value is -3.46. The molecule has 0 fully saturated rings. The zero-order chi connectivity index (χ0) is 16.9. The molecule has 0 amide bonds. The largest absolute Gasteiger partial charge is 0.339 e. The summed E-state index contributed by atoms with van der Waals surface area (Å²) in [6.07, 6.45) is 1.55. The fourth-order valence-electron chi connectivity index (χ4n) is 2.32. The minimum Gasteiger partial charge on any atom is -0.339 e. The topological polar surface area (TPSA) is 86.5 Å². The molecule has 0 atom stereocenters. The molecule has 3 aromatic rings. The number of hydrogen-bond acceptors (Lipinski definition) is 6. The molecule has 2 aromatic carbocycles. The van der Waals surface area contributed by atoms with Crippen LogP contribution in [0.4, 0.5) is 23.1 Å². The van der Waals surface area contributed by atoms with Gasteiger partial charge in [0.2, 0.25) is 5.95 Å². The molecule has 6 nitrogen and oxygen atoms in total. The second kappa shape index (κ2) is 6.75. The third kappa shape index (κ3) is 3.47. The summed E-state index contributed by atoms with van der Waals surface area (Å²) < 4.78 is 0. The molecule has 0 saturated carbocycles. The van der Waals surface area contributed by atoms with Crippen LogP contribution < -0.4 is 10.6 Å². The number of aryl methyl sites for hydroxylation is 2. The van der Waals surface area contributed by atoms with E-state index in [4.69, 9.17) is 5.26 Å². The maximum atomic E-state index is 8.83. The van der Waals surface area contributed by atoms with Crippen molar-refractivity contribution in [1.82, 2.24) is 15.2 Å². The summed E-state index contributed by atoms with van der Waals surface area (Å²) in [7, 11) is 0. The minimum atomic E-state index is 0.422. The van der Waals surface area contributed by atoms with E-state index in [1.807, 2.05) is 44.2 Å². The Morgan fingerprint density at radius 3 is 2.33 bits per heavy atom. The molecule has 118 valence electrons. The maximum Gasteiger partial charge on any atom is 0.249 e. The lowest BCUT2D eigenvalue weighted by Gasteiger charge is -2.11. The molecule has 0 saturated heterocycles. The molecule has 1 aromatic heterocycles. The van der Waals surface area contributed by atoms with Crippen LogP contribution in [0.5, 0.6) is 0 Å². The van der Waals surface area contributed by atoms with E-state index in [-0.39, 0.29) is 0 Å². The van der Waals surface area contributed by atoms with Crippen LogP contribution in [0.2, 0.25) is 0 Å².